The summed E-state index contributed by atoms with van der Waals surface area (Å²) in [5.74, 6) is 3.27. The highest BCUT2D eigenvalue weighted by atomic mass is 15.2. The van der Waals surface area contributed by atoms with Gasteiger partial charge in [-0.25, -0.2) is 4.98 Å². The first kappa shape index (κ1) is 12.2. The molecule has 0 aliphatic heterocycles. The van der Waals surface area contributed by atoms with Crippen molar-refractivity contribution in [2.45, 2.75) is 65.2 Å². The zero-order chi connectivity index (χ0) is 11.3. The Hall–Kier alpha value is -0.860. The van der Waals surface area contributed by atoms with E-state index in [1.54, 1.807) is 0 Å². The van der Waals surface area contributed by atoms with E-state index in [0.29, 0.717) is 11.8 Å². The second kappa shape index (κ2) is 5.89. The van der Waals surface area contributed by atoms with Gasteiger partial charge in [0.1, 0.15) is 5.82 Å². The number of H-pyrrole nitrogens is 1. The molecule has 2 rings (SSSR count). The number of nitrogens with zero attached hydrogens (tertiary/aromatic N) is 2. The molecule has 0 saturated heterocycles. The van der Waals surface area contributed by atoms with E-state index in [2.05, 4.69) is 29.0 Å². The van der Waals surface area contributed by atoms with Crippen molar-refractivity contribution in [2.75, 3.05) is 0 Å². The number of aromatic nitrogens is 3. The van der Waals surface area contributed by atoms with E-state index in [4.69, 9.17) is 0 Å². The van der Waals surface area contributed by atoms with Gasteiger partial charge >= 0.3 is 0 Å². The average molecular weight is 209 g/mol. The van der Waals surface area contributed by atoms with Gasteiger partial charge in [-0.2, -0.15) is 5.10 Å². The summed E-state index contributed by atoms with van der Waals surface area (Å²) >= 11 is 0. The van der Waals surface area contributed by atoms with Crippen LogP contribution in [0.2, 0.25) is 0 Å². The van der Waals surface area contributed by atoms with E-state index in [1.807, 2.05) is 13.8 Å². The van der Waals surface area contributed by atoms with Crippen molar-refractivity contribution < 1.29 is 0 Å². The van der Waals surface area contributed by atoms with E-state index in [0.717, 1.165) is 18.1 Å². The van der Waals surface area contributed by atoms with E-state index in [1.165, 1.54) is 19.3 Å². The fourth-order valence-electron chi connectivity index (χ4n) is 1.56. The summed E-state index contributed by atoms with van der Waals surface area (Å²) in [4.78, 5) is 4.54. The van der Waals surface area contributed by atoms with Gasteiger partial charge in [0.15, 0.2) is 5.82 Å². The lowest BCUT2D eigenvalue weighted by Crippen LogP contribution is -2.10. The lowest BCUT2D eigenvalue weighted by molar-refractivity contribution is 0.402. The van der Waals surface area contributed by atoms with Gasteiger partial charge in [-0.3, -0.25) is 5.10 Å². The zero-order valence-electron chi connectivity index (χ0n) is 10.4. The molecule has 1 unspecified atom stereocenters. The van der Waals surface area contributed by atoms with E-state index in [9.17, 15) is 0 Å². The topological polar surface area (TPSA) is 41.6 Å². The molecule has 3 heteroatoms. The predicted molar refractivity (Wildman–Crippen MR) is 63.0 cm³/mol. The Morgan fingerprint density at radius 1 is 1.40 bits per heavy atom. The molecule has 0 amide bonds. The monoisotopic (exact) mass is 209 g/mol. The number of rotatable bonds is 3. The maximum Gasteiger partial charge on any atom is 0.153 e. The smallest absolute Gasteiger partial charge is 0.153 e. The van der Waals surface area contributed by atoms with E-state index >= 15 is 0 Å². The molecule has 0 bridgehead atoms. The van der Waals surface area contributed by atoms with Crippen LogP contribution >= 0.6 is 0 Å². The Morgan fingerprint density at radius 2 is 2.07 bits per heavy atom. The quantitative estimate of drug-likeness (QED) is 0.826. The summed E-state index contributed by atoms with van der Waals surface area (Å²) in [7, 11) is 0. The molecule has 1 atom stereocenters. The Morgan fingerprint density at radius 3 is 2.53 bits per heavy atom. The number of nitrogens with one attached hydrogen (secondary N) is 1. The third-order valence-corrected chi connectivity index (χ3v) is 3.07. The first-order valence-electron chi connectivity index (χ1n) is 6.23. The fraction of sp³-hybridized carbons (Fsp3) is 0.833. The van der Waals surface area contributed by atoms with E-state index in [-0.39, 0.29) is 0 Å². The van der Waals surface area contributed by atoms with Gasteiger partial charge in [-0.1, -0.05) is 34.1 Å². The highest BCUT2D eigenvalue weighted by Crippen LogP contribution is 2.34. The van der Waals surface area contributed by atoms with Gasteiger partial charge in [0.05, 0.1) is 0 Å². The van der Waals surface area contributed by atoms with Crippen LogP contribution in [0.3, 0.4) is 0 Å². The maximum absolute atomic E-state index is 4.54. The molecule has 1 saturated carbocycles. The lowest BCUT2D eigenvalue weighted by atomic mass is 9.85. The van der Waals surface area contributed by atoms with Crippen molar-refractivity contribution >= 4 is 0 Å². The summed E-state index contributed by atoms with van der Waals surface area (Å²) < 4.78 is 0. The molecule has 0 aromatic carbocycles. The molecule has 15 heavy (non-hydrogen) atoms. The summed E-state index contributed by atoms with van der Waals surface area (Å²) in [5, 5.41) is 7.32. The normalized spacial score (nSPS) is 17.6. The van der Waals surface area contributed by atoms with Crippen molar-refractivity contribution in [1.82, 2.24) is 15.2 Å². The average Bonchev–Trinajstić information content (AvgIpc) is 2.66. The van der Waals surface area contributed by atoms with Crippen LogP contribution in [0, 0.1) is 0 Å². The summed E-state index contributed by atoms with van der Waals surface area (Å²) in [6.07, 6.45) is 5.04. The molecule has 3 nitrogen and oxygen atoms in total. The largest absolute Gasteiger partial charge is 0.263 e. The van der Waals surface area contributed by atoms with Crippen molar-refractivity contribution in [3.8, 4) is 0 Å². The molecule has 0 spiro atoms. The Bertz CT molecular complexity index is 257. The van der Waals surface area contributed by atoms with Crippen LogP contribution < -0.4 is 0 Å². The van der Waals surface area contributed by atoms with Crippen LogP contribution in [-0.2, 0) is 0 Å². The Balaban J connectivity index is 0.000000531. The second-order valence-corrected chi connectivity index (χ2v) is 4.02. The maximum atomic E-state index is 4.54. The van der Waals surface area contributed by atoms with Gasteiger partial charge in [-0.15, -0.1) is 0 Å². The van der Waals surface area contributed by atoms with Crippen LogP contribution in [0.4, 0.5) is 0 Å². The molecular formula is C12H23N3. The standard InChI is InChI=1S/C10H17N3.C2H6/c1-3-7(2)9-11-10(13-12-9)8-5-4-6-8;1-2/h7-8H,3-6H2,1-2H3,(H,11,12,13);1-2H3. The minimum atomic E-state index is 0.491. The molecule has 0 radical (unpaired) electrons. The SMILES string of the molecule is CC.CCC(C)c1n[nH]c(C2CCC2)n1. The predicted octanol–water partition coefficient (Wildman–Crippen LogP) is 3.61. The minimum absolute atomic E-state index is 0.491. The van der Waals surface area contributed by atoms with Crippen LogP contribution in [0.1, 0.15) is 76.9 Å². The molecule has 1 aliphatic carbocycles. The molecule has 1 heterocycles. The third kappa shape index (κ3) is 2.80. The second-order valence-electron chi connectivity index (χ2n) is 4.02. The van der Waals surface area contributed by atoms with Crippen LogP contribution in [0.25, 0.3) is 0 Å². The molecule has 1 aromatic heterocycles. The molecule has 1 aromatic rings. The van der Waals surface area contributed by atoms with Crippen LogP contribution in [-0.4, -0.2) is 15.2 Å². The van der Waals surface area contributed by atoms with Crippen LogP contribution in [0.5, 0.6) is 0 Å². The highest BCUT2D eigenvalue weighted by Gasteiger charge is 2.23. The minimum Gasteiger partial charge on any atom is -0.263 e. The van der Waals surface area contributed by atoms with Crippen molar-refractivity contribution in [3.05, 3.63) is 11.6 Å². The molecule has 86 valence electrons. The Kier molecular flexibility index (Phi) is 4.79. The number of hydrogen-bond donors (Lipinski definition) is 1. The van der Waals surface area contributed by atoms with E-state index < -0.39 is 0 Å². The molecule has 1 N–H and O–H groups in total. The highest BCUT2D eigenvalue weighted by molar-refractivity contribution is 5.03. The van der Waals surface area contributed by atoms with Crippen molar-refractivity contribution in [2.24, 2.45) is 0 Å². The Labute approximate surface area is 92.7 Å². The summed E-state index contributed by atoms with van der Waals surface area (Å²) in [5.41, 5.74) is 0. The fourth-order valence-corrected chi connectivity index (χ4v) is 1.56. The van der Waals surface area contributed by atoms with Gasteiger partial charge in [0.2, 0.25) is 0 Å². The third-order valence-electron chi connectivity index (χ3n) is 3.07. The van der Waals surface area contributed by atoms with Gasteiger partial charge < -0.3 is 0 Å². The van der Waals surface area contributed by atoms with Gasteiger partial charge in [-0.05, 0) is 19.3 Å². The van der Waals surface area contributed by atoms with Crippen LogP contribution in [0.15, 0.2) is 0 Å². The summed E-state index contributed by atoms with van der Waals surface area (Å²) in [6, 6.07) is 0. The summed E-state index contributed by atoms with van der Waals surface area (Å²) in [6.45, 7) is 8.35. The van der Waals surface area contributed by atoms with Gasteiger partial charge in [0.25, 0.3) is 0 Å². The zero-order valence-corrected chi connectivity index (χ0v) is 10.4. The molecular weight excluding hydrogens is 186 g/mol. The van der Waals surface area contributed by atoms with Crippen molar-refractivity contribution in [1.29, 1.82) is 0 Å². The molecule has 1 fully saturated rings. The first-order valence-corrected chi connectivity index (χ1v) is 6.23. The molecule has 1 aliphatic rings. The lowest BCUT2D eigenvalue weighted by Gasteiger charge is -2.22. The van der Waals surface area contributed by atoms with Crippen molar-refractivity contribution in [3.63, 3.8) is 0 Å². The number of aromatic amines is 1. The first-order chi connectivity index (χ1) is 7.31. The number of hydrogen-bond acceptors (Lipinski definition) is 2. The van der Waals surface area contributed by atoms with Gasteiger partial charge in [0, 0.05) is 11.8 Å².